The Morgan fingerprint density at radius 1 is 0.286 bits per heavy atom. The summed E-state index contributed by atoms with van der Waals surface area (Å²) < 4.78 is 16.9. The maximum Gasteiger partial charge on any atom is 0.306 e. The van der Waals surface area contributed by atoms with Crippen molar-refractivity contribution in [2.45, 2.75) is 303 Å². The van der Waals surface area contributed by atoms with Gasteiger partial charge in [0.05, 0.1) is 0 Å². The number of rotatable bonds is 54. The normalized spacial score (nSPS) is 12.6. The molecule has 0 aromatic carbocycles. The van der Waals surface area contributed by atoms with Crippen LogP contribution in [0.1, 0.15) is 297 Å². The molecule has 404 valence electrons. The minimum Gasteiger partial charge on any atom is -0.462 e. The summed E-state index contributed by atoms with van der Waals surface area (Å²) in [5.41, 5.74) is 0. The molecule has 0 radical (unpaired) electrons. The fourth-order valence-corrected chi connectivity index (χ4v) is 8.40. The van der Waals surface area contributed by atoms with E-state index in [0.717, 1.165) is 89.9 Å². The van der Waals surface area contributed by atoms with Gasteiger partial charge in [-0.3, -0.25) is 14.4 Å². The molecule has 0 rings (SSSR count). The lowest BCUT2D eigenvalue weighted by Crippen LogP contribution is -2.30. The van der Waals surface area contributed by atoms with Crippen LogP contribution in [0, 0.1) is 0 Å². The maximum absolute atomic E-state index is 12.9. The number of allylic oxidation sites excluding steroid dienone is 12. The molecule has 6 nitrogen and oxygen atoms in total. The molecule has 0 heterocycles. The number of carbonyl (C=O) groups excluding carboxylic acids is 3. The van der Waals surface area contributed by atoms with E-state index in [0.29, 0.717) is 19.3 Å². The lowest BCUT2D eigenvalue weighted by molar-refractivity contribution is -0.167. The predicted molar refractivity (Wildman–Crippen MR) is 302 cm³/mol. The number of hydrogen-bond donors (Lipinski definition) is 0. The molecule has 0 aliphatic heterocycles. The van der Waals surface area contributed by atoms with Crippen molar-refractivity contribution in [2.24, 2.45) is 0 Å². The van der Waals surface area contributed by atoms with Gasteiger partial charge in [-0.1, -0.05) is 254 Å². The van der Waals surface area contributed by atoms with E-state index in [9.17, 15) is 14.4 Å². The van der Waals surface area contributed by atoms with Crippen LogP contribution in [0.25, 0.3) is 0 Å². The summed E-state index contributed by atoms with van der Waals surface area (Å²) in [6.45, 7) is 6.57. The molecule has 0 fully saturated rings. The Bertz CT molecular complexity index is 1310. The molecule has 0 aromatic rings. The SMILES string of the molecule is CCCCC/C=C\C/C=C\C/C=C\CCCCCCCCC(=O)OC[C@@H](COC(=O)CCCC/C=C\C/C=C\C/C=C\CCCCC)OC(=O)CCCCCCCCCCCCCCCCCCCC. The van der Waals surface area contributed by atoms with Crippen LogP contribution >= 0.6 is 0 Å². The van der Waals surface area contributed by atoms with Crippen LogP contribution in [0.4, 0.5) is 0 Å². The van der Waals surface area contributed by atoms with E-state index >= 15 is 0 Å². The van der Waals surface area contributed by atoms with Crippen LogP contribution in [0.3, 0.4) is 0 Å². The summed E-state index contributed by atoms with van der Waals surface area (Å²) in [5, 5.41) is 0. The van der Waals surface area contributed by atoms with Gasteiger partial charge in [0.2, 0.25) is 0 Å². The van der Waals surface area contributed by atoms with Gasteiger partial charge in [-0.2, -0.15) is 0 Å². The molecule has 0 aromatic heterocycles. The zero-order chi connectivity index (χ0) is 50.7. The molecule has 1 atom stereocenters. The van der Waals surface area contributed by atoms with E-state index in [1.165, 1.54) is 167 Å². The summed E-state index contributed by atoms with van der Waals surface area (Å²) in [7, 11) is 0. The molecule has 0 saturated heterocycles. The second-order valence-corrected chi connectivity index (χ2v) is 19.9. The van der Waals surface area contributed by atoms with Crippen molar-refractivity contribution in [3.63, 3.8) is 0 Å². The van der Waals surface area contributed by atoms with Gasteiger partial charge in [0.15, 0.2) is 6.10 Å². The molecule has 0 saturated carbocycles. The number of hydrogen-bond acceptors (Lipinski definition) is 6. The van der Waals surface area contributed by atoms with E-state index < -0.39 is 6.10 Å². The van der Waals surface area contributed by atoms with E-state index in [1.54, 1.807) is 0 Å². The summed E-state index contributed by atoms with van der Waals surface area (Å²) in [6.07, 6.45) is 74.6. The average Bonchev–Trinajstić information content (AvgIpc) is 3.36. The van der Waals surface area contributed by atoms with Crippen LogP contribution in [-0.4, -0.2) is 37.2 Å². The van der Waals surface area contributed by atoms with Crippen molar-refractivity contribution in [1.29, 1.82) is 0 Å². The lowest BCUT2D eigenvalue weighted by Gasteiger charge is -2.18. The first-order chi connectivity index (χ1) is 34.5. The molecule has 0 aliphatic carbocycles. The van der Waals surface area contributed by atoms with E-state index in [1.807, 2.05) is 0 Å². The van der Waals surface area contributed by atoms with Crippen molar-refractivity contribution in [3.05, 3.63) is 72.9 Å². The fraction of sp³-hybridized carbons (Fsp3) is 0.766. The molecule has 70 heavy (non-hydrogen) atoms. The summed E-state index contributed by atoms with van der Waals surface area (Å²) in [5.74, 6) is -0.931. The monoisotopic (exact) mass is 977 g/mol. The summed E-state index contributed by atoms with van der Waals surface area (Å²) in [4.78, 5) is 38.2. The first kappa shape index (κ1) is 66.9. The van der Waals surface area contributed by atoms with Gasteiger partial charge >= 0.3 is 17.9 Å². The van der Waals surface area contributed by atoms with Gasteiger partial charge in [-0.05, 0) is 96.3 Å². The molecular formula is C64H112O6. The highest BCUT2D eigenvalue weighted by Gasteiger charge is 2.19. The fourth-order valence-electron chi connectivity index (χ4n) is 8.40. The standard InChI is InChI=1S/C64H112O6/c1-4-7-10-13-16-19-22-25-28-30-32-34-36-39-42-45-48-51-54-57-63(66)69-60-61(59-68-62(65)56-53-50-47-44-41-38-35-27-24-21-18-15-12-9-6-3)70-64(67)58-55-52-49-46-43-40-37-33-31-29-26-23-20-17-14-11-8-5-2/h16,18-19,21,25,27-28,32,34-35,41,44,61H,4-15,17,20,22-24,26,29-31,33,36-40,42-43,45-60H2,1-3H3/b19-16-,21-18-,28-25-,34-32-,35-27-,44-41-/t61-/m1/s1. The largest absolute Gasteiger partial charge is 0.462 e. The van der Waals surface area contributed by atoms with Crippen molar-refractivity contribution in [2.75, 3.05) is 13.2 Å². The Hall–Kier alpha value is -3.15. The zero-order valence-corrected chi connectivity index (χ0v) is 46.3. The third-order valence-electron chi connectivity index (χ3n) is 12.9. The molecule has 0 aliphatic rings. The zero-order valence-electron chi connectivity index (χ0n) is 46.3. The number of esters is 3. The highest BCUT2D eigenvalue weighted by atomic mass is 16.6. The average molecular weight is 978 g/mol. The van der Waals surface area contributed by atoms with Gasteiger partial charge < -0.3 is 14.2 Å². The molecule has 6 heteroatoms. The summed E-state index contributed by atoms with van der Waals surface area (Å²) >= 11 is 0. The van der Waals surface area contributed by atoms with Gasteiger partial charge in [0.1, 0.15) is 13.2 Å². The Kier molecular flexibility index (Phi) is 55.8. The number of unbranched alkanes of at least 4 members (excludes halogenated alkanes) is 31. The van der Waals surface area contributed by atoms with Crippen LogP contribution < -0.4 is 0 Å². The van der Waals surface area contributed by atoms with E-state index in [4.69, 9.17) is 14.2 Å². The highest BCUT2D eigenvalue weighted by molar-refractivity contribution is 5.71. The van der Waals surface area contributed by atoms with Crippen LogP contribution in [0.2, 0.25) is 0 Å². The van der Waals surface area contributed by atoms with Crippen molar-refractivity contribution in [1.82, 2.24) is 0 Å². The maximum atomic E-state index is 12.9. The van der Waals surface area contributed by atoms with Gasteiger partial charge in [-0.15, -0.1) is 0 Å². The third-order valence-corrected chi connectivity index (χ3v) is 12.9. The molecular weight excluding hydrogens is 865 g/mol. The first-order valence-electron chi connectivity index (χ1n) is 29.9. The Morgan fingerprint density at radius 3 is 0.857 bits per heavy atom. The van der Waals surface area contributed by atoms with Crippen molar-refractivity contribution in [3.8, 4) is 0 Å². The molecule has 0 spiro atoms. The van der Waals surface area contributed by atoms with Crippen LogP contribution in [0.5, 0.6) is 0 Å². The van der Waals surface area contributed by atoms with Gasteiger partial charge in [-0.25, -0.2) is 0 Å². The van der Waals surface area contributed by atoms with Crippen molar-refractivity contribution < 1.29 is 28.6 Å². The topological polar surface area (TPSA) is 78.9 Å². The minimum atomic E-state index is -0.796. The lowest BCUT2D eigenvalue weighted by atomic mass is 10.0. The third kappa shape index (κ3) is 55.8. The number of carbonyl (C=O) groups is 3. The number of ether oxygens (including phenoxy) is 3. The van der Waals surface area contributed by atoms with E-state index in [-0.39, 0.29) is 31.1 Å². The minimum absolute atomic E-state index is 0.0923. The quantitative estimate of drug-likeness (QED) is 0.0261. The smallest absolute Gasteiger partial charge is 0.306 e. The van der Waals surface area contributed by atoms with Crippen LogP contribution in [-0.2, 0) is 28.6 Å². The Labute approximate surface area is 433 Å². The van der Waals surface area contributed by atoms with Gasteiger partial charge in [0.25, 0.3) is 0 Å². The predicted octanol–water partition coefficient (Wildman–Crippen LogP) is 20.2. The molecule has 0 unspecified atom stereocenters. The molecule has 0 N–H and O–H groups in total. The molecule has 0 amide bonds. The van der Waals surface area contributed by atoms with E-state index in [2.05, 4.69) is 93.7 Å². The second-order valence-electron chi connectivity index (χ2n) is 19.9. The Balaban J connectivity index is 4.43. The van der Waals surface area contributed by atoms with Gasteiger partial charge in [0, 0.05) is 19.3 Å². The second kappa shape index (κ2) is 58.4. The first-order valence-corrected chi connectivity index (χ1v) is 29.9. The Morgan fingerprint density at radius 2 is 0.514 bits per heavy atom. The van der Waals surface area contributed by atoms with Crippen molar-refractivity contribution >= 4 is 17.9 Å². The summed E-state index contributed by atoms with van der Waals surface area (Å²) in [6, 6.07) is 0. The van der Waals surface area contributed by atoms with Crippen LogP contribution in [0.15, 0.2) is 72.9 Å². The molecule has 0 bridgehead atoms. The highest BCUT2D eigenvalue weighted by Crippen LogP contribution is 2.16.